The number of aromatic nitrogens is 5. The normalized spacial score (nSPS) is 16.0. The molecule has 3 aromatic heterocycles. The molecule has 1 aliphatic rings. The average Bonchev–Trinajstić information content (AvgIpc) is 3.14. The number of anilines is 1. The maximum atomic E-state index is 12.5. The molecule has 1 aliphatic heterocycles. The first-order chi connectivity index (χ1) is 10.7. The molecule has 0 fully saturated rings. The molecule has 2 N–H and O–H groups in total. The van der Waals surface area contributed by atoms with Gasteiger partial charge < -0.3 is 9.55 Å². The Morgan fingerprint density at radius 3 is 2.95 bits per heavy atom. The van der Waals surface area contributed by atoms with Crippen LogP contribution in [0, 0.1) is 0 Å². The van der Waals surface area contributed by atoms with Crippen LogP contribution in [0.4, 0.5) is 5.95 Å². The van der Waals surface area contributed by atoms with Gasteiger partial charge in [-0.25, -0.2) is 15.0 Å². The Labute approximate surface area is 126 Å². The van der Waals surface area contributed by atoms with Gasteiger partial charge in [-0.05, 0) is 13.0 Å². The maximum Gasteiger partial charge on any atom is 0.260 e. The van der Waals surface area contributed by atoms with Gasteiger partial charge in [-0.2, -0.15) is 0 Å². The molecule has 7 nitrogen and oxygen atoms in total. The molecule has 3 aromatic rings. The summed E-state index contributed by atoms with van der Waals surface area (Å²) >= 11 is 0. The number of amides is 1. The van der Waals surface area contributed by atoms with Crippen LogP contribution in [0.3, 0.4) is 0 Å². The minimum atomic E-state index is -0.243. The van der Waals surface area contributed by atoms with Crippen molar-refractivity contribution in [3.8, 4) is 11.4 Å². The molecule has 4 rings (SSSR count). The third-order valence-corrected chi connectivity index (χ3v) is 3.86. The number of nitrogens with zero attached hydrogens (tertiary/aromatic N) is 4. The molecule has 0 spiro atoms. The molecule has 0 bridgehead atoms. The van der Waals surface area contributed by atoms with Crippen molar-refractivity contribution in [2.45, 2.75) is 19.4 Å². The number of fused-ring (bicyclic) bond motifs is 3. The van der Waals surface area contributed by atoms with E-state index in [2.05, 4.69) is 36.7 Å². The predicted octanol–water partition coefficient (Wildman–Crippen LogP) is 2.04. The average molecular weight is 294 g/mol. The van der Waals surface area contributed by atoms with Crippen molar-refractivity contribution in [1.82, 2.24) is 24.5 Å². The van der Waals surface area contributed by atoms with Crippen molar-refractivity contribution < 1.29 is 4.79 Å². The highest BCUT2D eigenvalue weighted by atomic mass is 16.1. The number of carbonyl (C=O) groups is 1. The van der Waals surface area contributed by atoms with Gasteiger partial charge in [0.25, 0.3) is 5.91 Å². The second-order valence-corrected chi connectivity index (χ2v) is 5.29. The van der Waals surface area contributed by atoms with Crippen LogP contribution >= 0.6 is 0 Å². The first-order valence-corrected chi connectivity index (χ1v) is 7.06. The van der Waals surface area contributed by atoms with Crippen molar-refractivity contribution in [3.05, 3.63) is 48.3 Å². The Hall–Kier alpha value is -2.96. The highest BCUT2D eigenvalue weighted by molar-refractivity contribution is 6.08. The molecule has 0 aromatic carbocycles. The third-order valence-electron chi connectivity index (χ3n) is 3.86. The molecule has 7 heteroatoms. The van der Waals surface area contributed by atoms with Gasteiger partial charge in [-0.3, -0.25) is 10.1 Å². The number of hydrogen-bond donors (Lipinski definition) is 2. The second-order valence-electron chi connectivity index (χ2n) is 5.29. The first kappa shape index (κ1) is 12.8. The van der Waals surface area contributed by atoms with Crippen LogP contribution < -0.4 is 5.32 Å². The third kappa shape index (κ3) is 1.90. The van der Waals surface area contributed by atoms with E-state index in [-0.39, 0.29) is 11.9 Å². The summed E-state index contributed by atoms with van der Waals surface area (Å²) in [6, 6.07) is 2.02. The van der Waals surface area contributed by atoms with Crippen LogP contribution in [0.5, 0.6) is 0 Å². The summed E-state index contributed by atoms with van der Waals surface area (Å²) in [5.41, 5.74) is 2.45. The molecule has 1 atom stereocenters. The van der Waals surface area contributed by atoms with Crippen molar-refractivity contribution in [3.63, 3.8) is 0 Å². The maximum absolute atomic E-state index is 12.5. The van der Waals surface area contributed by atoms with E-state index in [9.17, 15) is 4.79 Å². The van der Waals surface area contributed by atoms with E-state index in [1.807, 2.05) is 6.20 Å². The summed E-state index contributed by atoms with van der Waals surface area (Å²) < 4.78 is 2.09. The minimum absolute atomic E-state index is 0.243. The van der Waals surface area contributed by atoms with Crippen LogP contribution in [-0.2, 0) is 6.42 Å². The van der Waals surface area contributed by atoms with Gasteiger partial charge >= 0.3 is 0 Å². The Morgan fingerprint density at radius 1 is 1.32 bits per heavy atom. The van der Waals surface area contributed by atoms with Crippen LogP contribution in [-0.4, -0.2) is 30.4 Å². The fourth-order valence-corrected chi connectivity index (χ4v) is 2.85. The number of rotatable bonds is 2. The lowest BCUT2D eigenvalue weighted by atomic mass is 10.0. The molecular weight excluding hydrogens is 280 g/mol. The molecule has 22 heavy (non-hydrogen) atoms. The summed E-state index contributed by atoms with van der Waals surface area (Å²) in [5.74, 6) is 0.858. The molecule has 0 saturated heterocycles. The van der Waals surface area contributed by atoms with Gasteiger partial charge in [0.2, 0.25) is 5.95 Å². The van der Waals surface area contributed by atoms with E-state index in [0.29, 0.717) is 11.6 Å². The monoisotopic (exact) mass is 294 g/mol. The fraction of sp³-hybridized carbons (Fsp3) is 0.200. The molecule has 0 saturated carbocycles. The van der Waals surface area contributed by atoms with Gasteiger partial charge in [0.1, 0.15) is 5.82 Å². The summed E-state index contributed by atoms with van der Waals surface area (Å²) in [6.45, 7) is 2.13. The van der Waals surface area contributed by atoms with Crippen LogP contribution in [0.1, 0.15) is 29.0 Å². The number of H-pyrrole nitrogens is 1. The van der Waals surface area contributed by atoms with Gasteiger partial charge in [0.05, 0.1) is 11.1 Å². The Balaban J connectivity index is 1.73. The summed E-state index contributed by atoms with van der Waals surface area (Å²) in [5, 5.41) is 2.71. The quantitative estimate of drug-likeness (QED) is 0.757. The fourth-order valence-electron chi connectivity index (χ4n) is 2.85. The van der Waals surface area contributed by atoms with Crippen molar-refractivity contribution >= 4 is 11.9 Å². The SMILES string of the molecule is C[C@@H]1Cc2[nH]cc(C(=O)Nc3ncccn3)c2-c2nccn21. The van der Waals surface area contributed by atoms with Crippen molar-refractivity contribution in [1.29, 1.82) is 0 Å². The number of aromatic amines is 1. The Bertz CT molecular complexity index is 835. The zero-order valence-corrected chi connectivity index (χ0v) is 11.9. The van der Waals surface area contributed by atoms with Gasteiger partial charge in [-0.1, -0.05) is 0 Å². The van der Waals surface area contributed by atoms with E-state index in [1.54, 1.807) is 30.9 Å². The summed E-state index contributed by atoms with van der Waals surface area (Å²) in [6.07, 6.45) is 9.44. The van der Waals surface area contributed by atoms with Crippen LogP contribution in [0.25, 0.3) is 11.4 Å². The highest BCUT2D eigenvalue weighted by Gasteiger charge is 2.28. The topological polar surface area (TPSA) is 88.5 Å². The lowest BCUT2D eigenvalue weighted by molar-refractivity contribution is 0.102. The van der Waals surface area contributed by atoms with Crippen LogP contribution in [0.15, 0.2) is 37.1 Å². The predicted molar refractivity (Wildman–Crippen MR) is 80.4 cm³/mol. The summed E-state index contributed by atoms with van der Waals surface area (Å²) in [7, 11) is 0. The molecule has 4 heterocycles. The largest absolute Gasteiger partial charge is 0.364 e. The van der Waals surface area contributed by atoms with Gasteiger partial charge in [-0.15, -0.1) is 0 Å². The minimum Gasteiger partial charge on any atom is -0.364 e. The molecular formula is C15H14N6O. The number of carbonyl (C=O) groups excluding carboxylic acids is 1. The number of nitrogens with one attached hydrogen (secondary N) is 2. The van der Waals surface area contributed by atoms with E-state index in [4.69, 9.17) is 0 Å². The smallest absolute Gasteiger partial charge is 0.260 e. The Kier molecular flexibility index (Phi) is 2.78. The molecule has 0 unspecified atom stereocenters. The van der Waals surface area contributed by atoms with E-state index in [0.717, 1.165) is 23.5 Å². The second kappa shape index (κ2) is 4.80. The molecule has 0 radical (unpaired) electrons. The zero-order valence-electron chi connectivity index (χ0n) is 11.9. The standard InChI is InChI=1S/C15H14N6O/c1-9-7-11-12(13-16-5-6-21(9)13)10(8-19-11)14(22)20-15-17-3-2-4-18-15/h2-6,8-9,19H,7H2,1H3,(H,17,18,20,22)/t9-/m1/s1. The van der Waals surface area contributed by atoms with Crippen molar-refractivity contribution in [2.24, 2.45) is 0 Å². The lowest BCUT2D eigenvalue weighted by Crippen LogP contribution is -2.18. The van der Waals surface area contributed by atoms with Gasteiger partial charge in [0, 0.05) is 49.1 Å². The van der Waals surface area contributed by atoms with Gasteiger partial charge in [0.15, 0.2) is 0 Å². The molecule has 0 aliphatic carbocycles. The van der Waals surface area contributed by atoms with E-state index < -0.39 is 0 Å². The first-order valence-electron chi connectivity index (χ1n) is 7.06. The Morgan fingerprint density at radius 2 is 2.14 bits per heavy atom. The summed E-state index contributed by atoms with van der Waals surface area (Å²) in [4.78, 5) is 28.1. The number of hydrogen-bond acceptors (Lipinski definition) is 4. The zero-order chi connectivity index (χ0) is 15.1. The van der Waals surface area contributed by atoms with Crippen LogP contribution in [0.2, 0.25) is 0 Å². The lowest BCUT2D eigenvalue weighted by Gasteiger charge is -2.22. The molecule has 1 amide bonds. The number of imidazole rings is 1. The van der Waals surface area contributed by atoms with Crippen molar-refractivity contribution in [2.75, 3.05) is 5.32 Å². The highest BCUT2D eigenvalue weighted by Crippen LogP contribution is 2.35. The van der Waals surface area contributed by atoms with E-state index in [1.165, 1.54) is 0 Å². The molecule has 110 valence electrons. The van der Waals surface area contributed by atoms with E-state index >= 15 is 0 Å².